The van der Waals surface area contributed by atoms with Gasteiger partial charge in [0.05, 0.1) is 43.7 Å². The van der Waals surface area contributed by atoms with Crippen LogP contribution < -0.4 is 9.47 Å². The number of ether oxygens (including phenoxy) is 2. The van der Waals surface area contributed by atoms with Crippen molar-refractivity contribution >= 4 is 22.2 Å². The zero-order valence-corrected chi connectivity index (χ0v) is 16.9. The molecule has 4 heterocycles. The van der Waals surface area contributed by atoms with E-state index < -0.39 is 17.5 Å². The molecule has 0 spiro atoms. The van der Waals surface area contributed by atoms with Crippen LogP contribution in [0.5, 0.6) is 11.9 Å². The Balaban J connectivity index is 1.69. The van der Waals surface area contributed by atoms with Crippen molar-refractivity contribution in [1.82, 2.24) is 29.1 Å². The standard InChI is InChI=1S/C21H15F3N6O2/c1-31-20-18-15(26-10-27-20)3-4-29(18)13-7-16-19(25-8-13)28-21(32-2)30(16)9-11-5-12(22)6-14(23)17(11)24/h3-8,10H,9H2,1-2H3. The second-order valence-corrected chi connectivity index (χ2v) is 6.88. The Morgan fingerprint density at radius 1 is 1.00 bits per heavy atom. The molecule has 0 aliphatic heterocycles. The van der Waals surface area contributed by atoms with Gasteiger partial charge in [0, 0.05) is 17.8 Å². The summed E-state index contributed by atoms with van der Waals surface area (Å²) in [7, 11) is 2.90. The van der Waals surface area contributed by atoms with E-state index in [0.717, 1.165) is 6.07 Å². The smallest absolute Gasteiger partial charge is 0.298 e. The molecule has 0 unspecified atom stereocenters. The number of rotatable bonds is 5. The number of imidazole rings is 1. The van der Waals surface area contributed by atoms with Gasteiger partial charge in [-0.05, 0) is 18.2 Å². The number of nitrogens with zero attached hydrogens (tertiary/aromatic N) is 6. The summed E-state index contributed by atoms with van der Waals surface area (Å²) in [6.45, 7) is -0.218. The van der Waals surface area contributed by atoms with Crippen molar-refractivity contribution in [2.24, 2.45) is 0 Å². The van der Waals surface area contributed by atoms with Crippen molar-refractivity contribution in [3.05, 3.63) is 66.0 Å². The summed E-state index contributed by atoms with van der Waals surface area (Å²) >= 11 is 0. The zero-order chi connectivity index (χ0) is 22.4. The Morgan fingerprint density at radius 2 is 1.84 bits per heavy atom. The highest BCUT2D eigenvalue weighted by Crippen LogP contribution is 2.29. The van der Waals surface area contributed by atoms with E-state index in [-0.39, 0.29) is 18.1 Å². The molecule has 32 heavy (non-hydrogen) atoms. The Hall–Kier alpha value is -4.15. The fourth-order valence-electron chi connectivity index (χ4n) is 3.62. The van der Waals surface area contributed by atoms with E-state index >= 15 is 0 Å². The number of fused-ring (bicyclic) bond motifs is 2. The van der Waals surface area contributed by atoms with Crippen molar-refractivity contribution in [1.29, 1.82) is 0 Å². The molecule has 4 aromatic heterocycles. The third-order valence-electron chi connectivity index (χ3n) is 5.05. The highest BCUT2D eigenvalue weighted by Gasteiger charge is 2.19. The average molecular weight is 440 g/mol. The maximum absolute atomic E-state index is 14.3. The molecule has 0 N–H and O–H groups in total. The average Bonchev–Trinajstić information content (AvgIpc) is 3.38. The van der Waals surface area contributed by atoms with Crippen molar-refractivity contribution in [2.45, 2.75) is 6.54 Å². The summed E-state index contributed by atoms with van der Waals surface area (Å²) in [5.74, 6) is -2.92. The fourth-order valence-corrected chi connectivity index (χ4v) is 3.62. The van der Waals surface area contributed by atoms with Gasteiger partial charge in [0.25, 0.3) is 6.01 Å². The van der Waals surface area contributed by atoms with Gasteiger partial charge in [0.1, 0.15) is 17.7 Å². The molecule has 0 aliphatic rings. The Bertz CT molecular complexity index is 1480. The van der Waals surface area contributed by atoms with Gasteiger partial charge in [-0.25, -0.2) is 23.1 Å². The van der Waals surface area contributed by atoms with E-state index in [4.69, 9.17) is 9.47 Å². The van der Waals surface area contributed by atoms with Crippen LogP contribution in [0.25, 0.3) is 27.9 Å². The van der Waals surface area contributed by atoms with Crippen molar-refractivity contribution < 1.29 is 22.6 Å². The van der Waals surface area contributed by atoms with Crippen LogP contribution in [0, 0.1) is 17.5 Å². The van der Waals surface area contributed by atoms with E-state index in [1.807, 2.05) is 0 Å². The van der Waals surface area contributed by atoms with Crippen LogP contribution in [0.2, 0.25) is 0 Å². The fraction of sp³-hybridized carbons (Fsp3) is 0.143. The van der Waals surface area contributed by atoms with Crippen LogP contribution in [0.3, 0.4) is 0 Å². The molecule has 5 aromatic rings. The monoisotopic (exact) mass is 440 g/mol. The Labute approximate surface area is 178 Å². The van der Waals surface area contributed by atoms with Gasteiger partial charge in [0.2, 0.25) is 5.88 Å². The van der Waals surface area contributed by atoms with Gasteiger partial charge in [0.15, 0.2) is 17.3 Å². The summed E-state index contributed by atoms with van der Waals surface area (Å²) in [6, 6.07) is 5.09. The van der Waals surface area contributed by atoms with Crippen molar-refractivity contribution in [2.75, 3.05) is 14.2 Å². The third kappa shape index (κ3) is 3.09. The number of methoxy groups -OCH3 is 2. The Kier molecular flexibility index (Phi) is 4.65. The topological polar surface area (TPSA) is 79.9 Å². The number of halogens is 3. The summed E-state index contributed by atoms with van der Waals surface area (Å²) in [6.07, 6.45) is 4.78. The summed E-state index contributed by atoms with van der Waals surface area (Å²) in [5.41, 5.74) is 2.53. The maximum atomic E-state index is 14.3. The molecule has 8 nitrogen and oxygen atoms in total. The molecule has 0 bridgehead atoms. The minimum absolute atomic E-state index is 0.118. The summed E-state index contributed by atoms with van der Waals surface area (Å²) in [4.78, 5) is 17.0. The van der Waals surface area contributed by atoms with Crippen molar-refractivity contribution in [3.8, 4) is 17.6 Å². The van der Waals surface area contributed by atoms with E-state index in [2.05, 4.69) is 19.9 Å². The molecule has 0 saturated carbocycles. The normalized spacial score (nSPS) is 11.4. The third-order valence-corrected chi connectivity index (χ3v) is 5.05. The van der Waals surface area contributed by atoms with Crippen LogP contribution >= 0.6 is 0 Å². The second kappa shape index (κ2) is 7.52. The lowest BCUT2D eigenvalue weighted by Crippen LogP contribution is -2.07. The maximum Gasteiger partial charge on any atom is 0.298 e. The first-order valence-corrected chi connectivity index (χ1v) is 9.40. The molecule has 0 amide bonds. The minimum atomic E-state index is -1.27. The largest absolute Gasteiger partial charge is 0.479 e. The number of benzene rings is 1. The lowest BCUT2D eigenvalue weighted by molar-refractivity contribution is 0.362. The van der Waals surface area contributed by atoms with Crippen LogP contribution in [-0.4, -0.2) is 43.3 Å². The summed E-state index contributed by atoms with van der Waals surface area (Å²) < 4.78 is 55.7. The molecule has 1 aromatic carbocycles. The number of hydrogen-bond acceptors (Lipinski definition) is 6. The lowest BCUT2D eigenvalue weighted by atomic mass is 10.2. The van der Waals surface area contributed by atoms with E-state index in [1.165, 1.54) is 25.1 Å². The molecule has 162 valence electrons. The quantitative estimate of drug-likeness (QED) is 0.388. The predicted octanol–water partition coefficient (Wildman–Crippen LogP) is 3.65. The van der Waals surface area contributed by atoms with E-state index in [0.29, 0.717) is 39.8 Å². The minimum Gasteiger partial charge on any atom is -0.479 e. The molecule has 5 rings (SSSR count). The molecule has 11 heteroatoms. The molecule has 0 saturated heterocycles. The highest BCUT2D eigenvalue weighted by atomic mass is 19.2. The molecular weight excluding hydrogens is 425 g/mol. The predicted molar refractivity (Wildman–Crippen MR) is 108 cm³/mol. The second-order valence-electron chi connectivity index (χ2n) is 6.88. The first-order chi connectivity index (χ1) is 15.5. The van der Waals surface area contributed by atoms with Crippen LogP contribution in [0.1, 0.15) is 5.56 Å². The first kappa shape index (κ1) is 19.8. The lowest BCUT2D eigenvalue weighted by Gasteiger charge is -2.11. The van der Waals surface area contributed by atoms with Crippen LogP contribution in [0.4, 0.5) is 13.2 Å². The van der Waals surface area contributed by atoms with E-state index in [1.54, 1.807) is 29.1 Å². The van der Waals surface area contributed by atoms with Crippen LogP contribution in [0.15, 0.2) is 43.0 Å². The SMILES string of the molecule is COc1ncnc2ccn(-c3cnc4nc(OC)n(Cc5cc(F)cc(F)c5F)c4c3)c12. The van der Waals surface area contributed by atoms with Gasteiger partial charge in [-0.1, -0.05) is 0 Å². The van der Waals surface area contributed by atoms with Crippen LogP contribution in [-0.2, 0) is 6.54 Å². The van der Waals surface area contributed by atoms with E-state index in [9.17, 15) is 13.2 Å². The van der Waals surface area contributed by atoms with Gasteiger partial charge in [-0.3, -0.25) is 4.57 Å². The van der Waals surface area contributed by atoms with Gasteiger partial charge >= 0.3 is 0 Å². The van der Waals surface area contributed by atoms with Crippen molar-refractivity contribution in [3.63, 3.8) is 0 Å². The molecular formula is C21H15F3N6O2. The van der Waals surface area contributed by atoms with Gasteiger partial charge in [-0.2, -0.15) is 9.97 Å². The molecule has 0 atom stereocenters. The first-order valence-electron chi connectivity index (χ1n) is 9.40. The summed E-state index contributed by atoms with van der Waals surface area (Å²) in [5, 5.41) is 0. The molecule has 0 aliphatic carbocycles. The number of aromatic nitrogens is 6. The van der Waals surface area contributed by atoms with Gasteiger partial charge in [-0.15, -0.1) is 0 Å². The van der Waals surface area contributed by atoms with Gasteiger partial charge < -0.3 is 14.0 Å². The highest BCUT2D eigenvalue weighted by molar-refractivity contribution is 5.83. The number of pyridine rings is 1. The zero-order valence-electron chi connectivity index (χ0n) is 16.9. The number of hydrogen-bond donors (Lipinski definition) is 0. The molecule has 0 radical (unpaired) electrons. The Morgan fingerprint density at radius 3 is 2.62 bits per heavy atom. The molecule has 0 fully saturated rings.